The number of nitrogen functional groups attached to an aromatic ring is 1. The minimum Gasteiger partial charge on any atom is -0.384 e. The van der Waals surface area contributed by atoms with Gasteiger partial charge in [0.2, 0.25) is 0 Å². The van der Waals surface area contributed by atoms with Crippen LogP contribution in [0.25, 0.3) is 0 Å². The Hall–Kier alpha value is -1.51. The van der Waals surface area contributed by atoms with Crippen LogP contribution in [0.15, 0.2) is 18.2 Å². The summed E-state index contributed by atoms with van der Waals surface area (Å²) < 4.78 is 0. The average molecular weight is 203 g/mol. The highest BCUT2D eigenvalue weighted by atomic mass is 15.1. The predicted molar refractivity (Wildman–Crippen MR) is 63.6 cm³/mol. The summed E-state index contributed by atoms with van der Waals surface area (Å²) in [6, 6.07) is 5.99. The molecule has 1 aliphatic rings. The topological polar surface area (TPSA) is 53.1 Å². The Morgan fingerprint density at radius 2 is 2.00 bits per heavy atom. The van der Waals surface area contributed by atoms with Crippen LogP contribution in [0.1, 0.15) is 24.0 Å². The van der Waals surface area contributed by atoms with Crippen LogP contribution >= 0.6 is 0 Å². The molecule has 1 saturated heterocycles. The van der Waals surface area contributed by atoms with Crippen molar-refractivity contribution in [1.29, 1.82) is 5.41 Å². The van der Waals surface area contributed by atoms with Crippen molar-refractivity contribution < 1.29 is 0 Å². The Kier molecular flexibility index (Phi) is 2.62. The molecular formula is C12H17N3. The lowest BCUT2D eigenvalue weighted by molar-refractivity contribution is 0.949. The molecule has 3 heteroatoms. The minimum atomic E-state index is 0.149. The van der Waals surface area contributed by atoms with Gasteiger partial charge in [-0.3, -0.25) is 5.41 Å². The van der Waals surface area contributed by atoms with Crippen molar-refractivity contribution in [1.82, 2.24) is 0 Å². The van der Waals surface area contributed by atoms with Crippen LogP contribution in [0.2, 0.25) is 0 Å². The highest BCUT2D eigenvalue weighted by Gasteiger charge is 2.14. The van der Waals surface area contributed by atoms with E-state index in [1.807, 2.05) is 18.2 Å². The van der Waals surface area contributed by atoms with E-state index < -0.39 is 0 Å². The molecule has 15 heavy (non-hydrogen) atoms. The zero-order chi connectivity index (χ0) is 10.8. The van der Waals surface area contributed by atoms with E-state index in [0.29, 0.717) is 0 Å². The molecule has 0 aromatic heterocycles. The van der Waals surface area contributed by atoms with Gasteiger partial charge in [0.25, 0.3) is 0 Å². The number of nitrogens with zero attached hydrogens (tertiary/aromatic N) is 1. The van der Waals surface area contributed by atoms with E-state index in [9.17, 15) is 0 Å². The van der Waals surface area contributed by atoms with E-state index in [-0.39, 0.29) is 5.84 Å². The second-order valence-electron chi connectivity index (χ2n) is 4.11. The first-order valence-corrected chi connectivity index (χ1v) is 5.38. The number of hydrogen-bond donors (Lipinski definition) is 2. The Bertz CT molecular complexity index is 378. The molecule has 1 aromatic rings. The SMILES string of the molecule is Cc1ccc(C(=N)N)cc1N1CCCC1. The largest absolute Gasteiger partial charge is 0.384 e. The third kappa shape index (κ3) is 1.96. The summed E-state index contributed by atoms with van der Waals surface area (Å²) in [5.41, 5.74) is 8.82. The second-order valence-corrected chi connectivity index (χ2v) is 4.11. The zero-order valence-electron chi connectivity index (χ0n) is 9.09. The lowest BCUT2D eigenvalue weighted by Crippen LogP contribution is -2.20. The Balaban J connectivity index is 2.35. The van der Waals surface area contributed by atoms with Gasteiger partial charge in [-0.1, -0.05) is 12.1 Å². The van der Waals surface area contributed by atoms with Crippen LogP contribution < -0.4 is 10.6 Å². The molecule has 0 saturated carbocycles. The molecule has 0 amide bonds. The van der Waals surface area contributed by atoms with Gasteiger partial charge in [0.05, 0.1) is 0 Å². The van der Waals surface area contributed by atoms with Gasteiger partial charge in [0, 0.05) is 24.3 Å². The Labute approximate surface area is 90.4 Å². The minimum absolute atomic E-state index is 0.149. The summed E-state index contributed by atoms with van der Waals surface area (Å²) in [4.78, 5) is 2.38. The summed E-state index contributed by atoms with van der Waals surface area (Å²) in [6.45, 7) is 4.36. The highest BCUT2D eigenvalue weighted by molar-refractivity contribution is 5.96. The van der Waals surface area contributed by atoms with E-state index >= 15 is 0 Å². The van der Waals surface area contributed by atoms with Crippen molar-refractivity contribution in [2.75, 3.05) is 18.0 Å². The molecule has 1 fully saturated rings. The fourth-order valence-electron chi connectivity index (χ4n) is 2.08. The number of nitrogens with two attached hydrogens (primary N) is 1. The van der Waals surface area contributed by atoms with Crippen molar-refractivity contribution in [3.63, 3.8) is 0 Å². The lowest BCUT2D eigenvalue weighted by Gasteiger charge is -2.20. The lowest BCUT2D eigenvalue weighted by atomic mass is 10.1. The van der Waals surface area contributed by atoms with Crippen LogP contribution in [0.5, 0.6) is 0 Å². The summed E-state index contributed by atoms with van der Waals surface area (Å²) in [6.07, 6.45) is 2.54. The molecule has 0 unspecified atom stereocenters. The number of aryl methyl sites for hydroxylation is 1. The third-order valence-electron chi connectivity index (χ3n) is 2.97. The van der Waals surface area contributed by atoms with E-state index in [1.165, 1.54) is 24.1 Å². The highest BCUT2D eigenvalue weighted by Crippen LogP contribution is 2.25. The van der Waals surface area contributed by atoms with Gasteiger partial charge in [0.1, 0.15) is 5.84 Å². The van der Waals surface area contributed by atoms with Crippen LogP contribution in [0.3, 0.4) is 0 Å². The molecule has 1 aliphatic heterocycles. The zero-order valence-corrected chi connectivity index (χ0v) is 9.09. The number of anilines is 1. The Morgan fingerprint density at radius 3 is 2.60 bits per heavy atom. The van der Waals surface area contributed by atoms with Crippen molar-refractivity contribution in [3.8, 4) is 0 Å². The van der Waals surface area contributed by atoms with E-state index in [1.54, 1.807) is 0 Å². The van der Waals surface area contributed by atoms with Crippen LogP contribution in [-0.4, -0.2) is 18.9 Å². The maximum absolute atomic E-state index is 7.43. The first-order chi connectivity index (χ1) is 7.18. The van der Waals surface area contributed by atoms with E-state index in [0.717, 1.165) is 18.7 Å². The number of amidine groups is 1. The quantitative estimate of drug-likeness (QED) is 0.569. The first-order valence-electron chi connectivity index (χ1n) is 5.38. The summed E-state index contributed by atoms with van der Waals surface area (Å²) in [7, 11) is 0. The van der Waals surface area contributed by atoms with Crippen LogP contribution in [-0.2, 0) is 0 Å². The van der Waals surface area contributed by atoms with Gasteiger partial charge < -0.3 is 10.6 Å². The predicted octanol–water partition coefficient (Wildman–Crippen LogP) is 1.88. The van der Waals surface area contributed by atoms with Gasteiger partial charge in [-0.15, -0.1) is 0 Å². The molecular weight excluding hydrogens is 186 g/mol. The average Bonchev–Trinajstić information content (AvgIpc) is 2.71. The number of rotatable bonds is 2. The van der Waals surface area contributed by atoms with Gasteiger partial charge in [0.15, 0.2) is 0 Å². The molecule has 0 bridgehead atoms. The third-order valence-corrected chi connectivity index (χ3v) is 2.97. The molecule has 1 aromatic carbocycles. The molecule has 0 radical (unpaired) electrons. The number of hydrogen-bond acceptors (Lipinski definition) is 2. The molecule has 3 nitrogen and oxygen atoms in total. The van der Waals surface area contributed by atoms with Gasteiger partial charge >= 0.3 is 0 Å². The first kappa shape index (κ1) is 10.0. The fourth-order valence-corrected chi connectivity index (χ4v) is 2.08. The van der Waals surface area contributed by atoms with Crippen LogP contribution in [0.4, 0.5) is 5.69 Å². The summed E-state index contributed by atoms with van der Waals surface area (Å²) in [5.74, 6) is 0.149. The van der Waals surface area contributed by atoms with Crippen molar-refractivity contribution in [2.45, 2.75) is 19.8 Å². The van der Waals surface area contributed by atoms with E-state index in [4.69, 9.17) is 11.1 Å². The number of nitrogens with one attached hydrogen (secondary N) is 1. The molecule has 80 valence electrons. The van der Waals surface area contributed by atoms with Crippen molar-refractivity contribution in [3.05, 3.63) is 29.3 Å². The summed E-state index contributed by atoms with van der Waals surface area (Å²) in [5, 5.41) is 7.43. The second kappa shape index (κ2) is 3.93. The van der Waals surface area contributed by atoms with Crippen molar-refractivity contribution >= 4 is 11.5 Å². The van der Waals surface area contributed by atoms with Gasteiger partial charge in [-0.2, -0.15) is 0 Å². The van der Waals surface area contributed by atoms with Crippen LogP contribution in [0, 0.1) is 12.3 Å². The molecule has 3 N–H and O–H groups in total. The number of benzene rings is 1. The smallest absolute Gasteiger partial charge is 0.122 e. The van der Waals surface area contributed by atoms with Gasteiger partial charge in [-0.05, 0) is 31.4 Å². The molecule has 0 aliphatic carbocycles. The molecule has 0 spiro atoms. The molecule has 2 rings (SSSR count). The monoisotopic (exact) mass is 203 g/mol. The summed E-state index contributed by atoms with van der Waals surface area (Å²) >= 11 is 0. The normalized spacial score (nSPS) is 15.7. The Morgan fingerprint density at radius 1 is 1.33 bits per heavy atom. The van der Waals surface area contributed by atoms with Gasteiger partial charge in [-0.25, -0.2) is 0 Å². The van der Waals surface area contributed by atoms with E-state index in [2.05, 4.69) is 11.8 Å². The standard InChI is InChI=1S/C12H17N3/c1-9-4-5-10(12(13)14)8-11(9)15-6-2-3-7-15/h4-5,8H,2-3,6-7H2,1H3,(H3,13,14). The van der Waals surface area contributed by atoms with Crippen molar-refractivity contribution in [2.24, 2.45) is 5.73 Å². The fraction of sp³-hybridized carbons (Fsp3) is 0.417. The molecule has 1 heterocycles. The maximum atomic E-state index is 7.43. The maximum Gasteiger partial charge on any atom is 0.122 e. The molecule has 0 atom stereocenters.